The van der Waals surface area contributed by atoms with Crippen LogP contribution in [0.2, 0.25) is 0 Å². The van der Waals surface area contributed by atoms with E-state index in [1.807, 2.05) is 0 Å². The summed E-state index contributed by atoms with van der Waals surface area (Å²) in [5, 5.41) is 4.83. The van der Waals surface area contributed by atoms with Gasteiger partial charge in [0.15, 0.2) is 0 Å². The molecule has 0 aromatic heterocycles. The number of benzene rings is 3. The first-order valence-electron chi connectivity index (χ1n) is 6.80. The number of hydrogen-bond donors (Lipinski definition) is 0. The third-order valence-corrected chi connectivity index (χ3v) is 3.67. The smallest absolute Gasteiger partial charge is 0.408 e. The summed E-state index contributed by atoms with van der Waals surface area (Å²) in [7, 11) is 8.30. The fraction of sp³-hybridized carbons (Fsp3) is 0.222. The summed E-state index contributed by atoms with van der Waals surface area (Å²) in [5.41, 5.74) is 2.41. The third kappa shape index (κ3) is 2.74. The largest absolute Gasteiger partial charge is 1.00 e. The molecule has 3 aromatic rings. The summed E-state index contributed by atoms with van der Waals surface area (Å²) in [4.78, 5) is 4.28. The van der Waals surface area contributed by atoms with Crippen molar-refractivity contribution in [1.82, 2.24) is 0 Å². The van der Waals surface area contributed by atoms with Gasteiger partial charge in [-0.05, 0) is 39.6 Å². The summed E-state index contributed by atoms with van der Waals surface area (Å²) in [6, 6.07) is 18.7. The molecule has 0 spiro atoms. The molecule has 0 aliphatic carbocycles. The van der Waals surface area contributed by atoms with E-state index in [1.165, 1.54) is 32.9 Å². The SMILES string of the molecule is CN(C)c1cccc2cc3cccc(N(C)C)c3[c-]c12.[Li+]. The Hall–Kier alpha value is -1.62. The van der Waals surface area contributed by atoms with Gasteiger partial charge in [0.25, 0.3) is 0 Å². The van der Waals surface area contributed by atoms with Crippen LogP contribution in [0.4, 0.5) is 11.4 Å². The van der Waals surface area contributed by atoms with Gasteiger partial charge in [-0.1, -0.05) is 57.9 Å². The molecule has 0 saturated heterocycles. The fourth-order valence-electron chi connectivity index (χ4n) is 2.67. The van der Waals surface area contributed by atoms with Gasteiger partial charge in [0.2, 0.25) is 0 Å². The zero-order chi connectivity index (χ0) is 14.3. The molecule has 3 heteroatoms. The molecule has 0 amide bonds. The second kappa shape index (κ2) is 6.01. The van der Waals surface area contributed by atoms with Gasteiger partial charge in [-0.15, -0.1) is 12.1 Å². The Balaban J connectivity index is 0.00000161. The van der Waals surface area contributed by atoms with Crippen molar-refractivity contribution in [2.75, 3.05) is 38.0 Å². The summed E-state index contributed by atoms with van der Waals surface area (Å²) < 4.78 is 0. The van der Waals surface area contributed by atoms with Gasteiger partial charge in [-0.2, -0.15) is 0 Å². The number of nitrogens with zero attached hydrogens (tertiary/aromatic N) is 2. The van der Waals surface area contributed by atoms with Crippen molar-refractivity contribution in [2.24, 2.45) is 0 Å². The van der Waals surface area contributed by atoms with Crippen LogP contribution in [0.1, 0.15) is 0 Å². The predicted octanol–water partition coefficient (Wildman–Crippen LogP) is 0.929. The van der Waals surface area contributed by atoms with Crippen molar-refractivity contribution in [3.8, 4) is 0 Å². The van der Waals surface area contributed by atoms with E-state index in [2.05, 4.69) is 86.5 Å². The molecule has 0 radical (unpaired) electrons. The number of hydrogen-bond acceptors (Lipinski definition) is 2. The maximum absolute atomic E-state index is 3.63. The van der Waals surface area contributed by atoms with Gasteiger partial charge in [-0.3, -0.25) is 0 Å². The Labute approximate surface area is 138 Å². The standard InChI is InChI=1S/C18H19N2.Li/c1-19(2)17-9-5-7-13-11-14-8-6-10-18(20(3)4)16(14)12-15(13)17;/h5-11H,1-4H3;/q-1;+1. The molecule has 0 N–H and O–H groups in total. The minimum Gasteiger partial charge on any atom is -0.408 e. The Kier molecular flexibility index (Phi) is 4.51. The minimum absolute atomic E-state index is 0. The Morgan fingerprint density at radius 3 is 1.52 bits per heavy atom. The maximum Gasteiger partial charge on any atom is 1.00 e. The molecule has 0 saturated carbocycles. The first kappa shape index (κ1) is 15.8. The van der Waals surface area contributed by atoms with Crippen molar-refractivity contribution >= 4 is 32.9 Å². The average Bonchev–Trinajstić information content (AvgIpc) is 2.43. The number of rotatable bonds is 2. The first-order valence-corrected chi connectivity index (χ1v) is 6.80. The van der Waals surface area contributed by atoms with Crippen LogP contribution in [-0.4, -0.2) is 28.2 Å². The van der Waals surface area contributed by atoms with E-state index in [9.17, 15) is 0 Å². The molecule has 0 aliphatic heterocycles. The van der Waals surface area contributed by atoms with Crippen molar-refractivity contribution in [3.05, 3.63) is 48.5 Å². The second-order valence-corrected chi connectivity index (χ2v) is 5.54. The Bertz CT molecular complexity index is 716. The molecule has 102 valence electrons. The van der Waals surface area contributed by atoms with Gasteiger partial charge >= 0.3 is 18.9 Å². The van der Waals surface area contributed by atoms with Gasteiger partial charge in [0.05, 0.1) is 0 Å². The van der Waals surface area contributed by atoms with Gasteiger partial charge in [0.1, 0.15) is 0 Å². The molecule has 2 nitrogen and oxygen atoms in total. The van der Waals surface area contributed by atoms with E-state index in [-0.39, 0.29) is 18.9 Å². The molecule has 3 rings (SSSR count). The average molecular weight is 270 g/mol. The van der Waals surface area contributed by atoms with E-state index in [1.54, 1.807) is 0 Å². The van der Waals surface area contributed by atoms with Gasteiger partial charge in [-0.25, -0.2) is 0 Å². The molecule has 0 bridgehead atoms. The van der Waals surface area contributed by atoms with Crippen LogP contribution in [0.15, 0.2) is 42.5 Å². The quantitative estimate of drug-likeness (QED) is 0.388. The van der Waals surface area contributed by atoms with E-state index < -0.39 is 0 Å². The van der Waals surface area contributed by atoms with Crippen LogP contribution in [0, 0.1) is 6.07 Å². The normalized spacial score (nSPS) is 10.5. The second-order valence-electron chi connectivity index (χ2n) is 5.54. The minimum atomic E-state index is 0. The van der Waals surface area contributed by atoms with Gasteiger partial charge < -0.3 is 9.80 Å². The molecule has 0 fully saturated rings. The van der Waals surface area contributed by atoms with Gasteiger partial charge in [0, 0.05) is 0 Å². The van der Waals surface area contributed by atoms with E-state index in [0.29, 0.717) is 0 Å². The molecule has 0 heterocycles. The first-order chi connectivity index (χ1) is 9.58. The van der Waals surface area contributed by atoms with Crippen LogP contribution >= 0.6 is 0 Å². The molecular formula is C18H19LiN2. The summed E-state index contributed by atoms with van der Waals surface area (Å²) >= 11 is 0. The van der Waals surface area contributed by atoms with Crippen molar-refractivity contribution in [2.45, 2.75) is 0 Å². The molecule has 0 atom stereocenters. The Morgan fingerprint density at radius 2 is 1.14 bits per heavy atom. The molecule has 3 aromatic carbocycles. The summed E-state index contributed by atoms with van der Waals surface area (Å²) in [6.07, 6.45) is 0. The third-order valence-electron chi connectivity index (χ3n) is 3.67. The monoisotopic (exact) mass is 270 g/mol. The zero-order valence-corrected chi connectivity index (χ0v) is 13.4. The van der Waals surface area contributed by atoms with E-state index in [0.717, 1.165) is 0 Å². The summed E-state index contributed by atoms with van der Waals surface area (Å²) in [6.45, 7) is 0. The fourth-order valence-corrected chi connectivity index (χ4v) is 2.67. The van der Waals surface area contributed by atoms with Crippen LogP contribution in [0.5, 0.6) is 0 Å². The zero-order valence-electron chi connectivity index (χ0n) is 13.4. The molecule has 0 aliphatic rings. The topological polar surface area (TPSA) is 6.48 Å². The van der Waals surface area contributed by atoms with Crippen LogP contribution in [0.25, 0.3) is 21.5 Å². The van der Waals surface area contributed by atoms with Crippen molar-refractivity contribution in [1.29, 1.82) is 0 Å². The van der Waals surface area contributed by atoms with Crippen molar-refractivity contribution in [3.63, 3.8) is 0 Å². The van der Waals surface area contributed by atoms with Crippen LogP contribution < -0.4 is 28.7 Å². The van der Waals surface area contributed by atoms with Crippen LogP contribution in [0.3, 0.4) is 0 Å². The number of fused-ring (bicyclic) bond motifs is 2. The molecule has 21 heavy (non-hydrogen) atoms. The van der Waals surface area contributed by atoms with Crippen molar-refractivity contribution < 1.29 is 18.9 Å². The maximum atomic E-state index is 3.63. The Morgan fingerprint density at radius 1 is 0.714 bits per heavy atom. The molecule has 0 unspecified atom stereocenters. The van der Waals surface area contributed by atoms with Crippen LogP contribution in [-0.2, 0) is 0 Å². The predicted molar refractivity (Wildman–Crippen MR) is 88.9 cm³/mol. The summed E-state index contributed by atoms with van der Waals surface area (Å²) in [5.74, 6) is 0. The molecular weight excluding hydrogens is 251 g/mol. The van der Waals surface area contributed by atoms with E-state index >= 15 is 0 Å². The van der Waals surface area contributed by atoms with E-state index in [4.69, 9.17) is 0 Å². The number of anilines is 2.